The number of hydrogen-bond acceptors (Lipinski definition) is 4. The van der Waals surface area contributed by atoms with Crippen LogP contribution in [0.2, 0.25) is 0 Å². The summed E-state index contributed by atoms with van der Waals surface area (Å²) in [6.07, 6.45) is 5.57. The van der Waals surface area contributed by atoms with Crippen LogP contribution < -0.4 is 10.7 Å². The minimum absolute atomic E-state index is 0.0401. The highest BCUT2D eigenvalue weighted by Gasteiger charge is 2.27. The monoisotopic (exact) mass is 402 g/mol. The summed E-state index contributed by atoms with van der Waals surface area (Å²) < 4.78 is 21.4. The van der Waals surface area contributed by atoms with E-state index in [1.807, 2.05) is 0 Å². The van der Waals surface area contributed by atoms with Crippen LogP contribution >= 0.6 is 0 Å². The Morgan fingerprint density at radius 2 is 2.03 bits per heavy atom. The lowest BCUT2D eigenvalue weighted by Crippen LogP contribution is -2.32. The molecule has 1 aromatic carbocycles. The average molecular weight is 402 g/mol. The van der Waals surface area contributed by atoms with Crippen LogP contribution in [0.15, 0.2) is 29.2 Å². The molecular formula is C21H23FN2O5. The number of carbonyl (C=O) groups excluding carboxylic acids is 1. The Bertz CT molecular complexity index is 1060. The number of halogens is 1. The molecule has 154 valence electrons. The van der Waals surface area contributed by atoms with Gasteiger partial charge in [0.15, 0.2) is 0 Å². The van der Waals surface area contributed by atoms with E-state index in [-0.39, 0.29) is 29.1 Å². The molecule has 1 aliphatic carbocycles. The molecule has 1 fully saturated rings. The van der Waals surface area contributed by atoms with Gasteiger partial charge in [-0.2, -0.15) is 0 Å². The maximum Gasteiger partial charge on any atom is 0.407 e. The molecule has 0 bridgehead atoms. The summed E-state index contributed by atoms with van der Waals surface area (Å²) in [7, 11) is 0. The van der Waals surface area contributed by atoms with Crippen molar-refractivity contribution in [1.29, 1.82) is 0 Å². The number of benzene rings is 1. The number of nitrogens with zero attached hydrogens (tertiary/aromatic N) is 1. The molecule has 29 heavy (non-hydrogen) atoms. The van der Waals surface area contributed by atoms with Crippen molar-refractivity contribution in [2.75, 3.05) is 6.54 Å². The second-order valence-electron chi connectivity index (χ2n) is 7.99. The Kier molecular flexibility index (Phi) is 5.46. The van der Waals surface area contributed by atoms with Crippen molar-refractivity contribution in [1.82, 2.24) is 9.88 Å². The van der Waals surface area contributed by atoms with Crippen molar-refractivity contribution in [2.24, 2.45) is 0 Å². The topological polar surface area (TPSA) is 97.6 Å². The first-order valence-corrected chi connectivity index (χ1v) is 9.32. The van der Waals surface area contributed by atoms with E-state index in [0.717, 1.165) is 18.9 Å². The summed E-state index contributed by atoms with van der Waals surface area (Å²) in [6.45, 7) is 5.39. The van der Waals surface area contributed by atoms with E-state index in [1.54, 1.807) is 31.4 Å². The van der Waals surface area contributed by atoms with Crippen molar-refractivity contribution < 1.29 is 23.8 Å². The lowest BCUT2D eigenvalue weighted by molar-refractivity contribution is 0.0533. The van der Waals surface area contributed by atoms with Gasteiger partial charge in [-0.15, -0.1) is 0 Å². The molecule has 2 aromatic rings. The average Bonchev–Trinajstić information content (AvgIpc) is 3.43. The zero-order chi connectivity index (χ0) is 21.3. The summed E-state index contributed by atoms with van der Waals surface area (Å²) >= 11 is 0. The summed E-state index contributed by atoms with van der Waals surface area (Å²) in [6, 6.07) is 2.71. The van der Waals surface area contributed by atoms with Gasteiger partial charge in [-0.05, 0) is 45.7 Å². The number of pyridine rings is 1. The van der Waals surface area contributed by atoms with Gasteiger partial charge >= 0.3 is 12.1 Å². The smallest absolute Gasteiger partial charge is 0.407 e. The molecular weight excluding hydrogens is 379 g/mol. The molecule has 0 spiro atoms. The molecule has 8 heteroatoms. The molecule has 1 heterocycles. The Hall–Kier alpha value is -3.16. The first-order chi connectivity index (χ1) is 13.6. The van der Waals surface area contributed by atoms with Crippen molar-refractivity contribution >= 4 is 29.0 Å². The molecule has 0 atom stereocenters. The van der Waals surface area contributed by atoms with Crippen LogP contribution in [0, 0.1) is 5.82 Å². The Labute approximate surface area is 166 Å². The lowest BCUT2D eigenvalue weighted by Gasteiger charge is -2.19. The second kappa shape index (κ2) is 7.69. The third-order valence-electron chi connectivity index (χ3n) is 4.38. The van der Waals surface area contributed by atoms with E-state index in [2.05, 4.69) is 5.32 Å². The summed E-state index contributed by atoms with van der Waals surface area (Å²) in [5.41, 5.74) is -0.956. The Morgan fingerprint density at radius 3 is 2.62 bits per heavy atom. The van der Waals surface area contributed by atoms with Gasteiger partial charge in [0.2, 0.25) is 5.43 Å². The standard InChI is InChI=1S/C21H23FN2O5/c1-21(2,3)29-20(28)23-8-4-5-12-9-17-14(10-16(12)22)18(25)15(19(26)27)11-24(17)13-6-7-13/h4-5,9-11,13H,6-8H2,1-3H3,(H,23,28)(H,26,27)/b5-4+. The van der Waals surface area contributed by atoms with Crippen LogP contribution in [0.4, 0.5) is 9.18 Å². The van der Waals surface area contributed by atoms with E-state index in [1.165, 1.54) is 18.3 Å². The number of nitrogens with one attached hydrogen (secondary N) is 1. The number of aromatic nitrogens is 1. The SMILES string of the molecule is CC(C)(C)OC(=O)NC/C=C/c1cc2c(cc1F)c(=O)c(C(=O)O)cn2C1CC1. The zero-order valence-electron chi connectivity index (χ0n) is 16.5. The number of carboxylic acid groups (broad SMARTS) is 1. The van der Waals surface area contributed by atoms with E-state index in [9.17, 15) is 23.9 Å². The first-order valence-electron chi connectivity index (χ1n) is 9.32. The molecule has 3 rings (SSSR count). The molecule has 1 aliphatic rings. The van der Waals surface area contributed by atoms with Gasteiger partial charge in [0.25, 0.3) is 0 Å². The molecule has 0 aliphatic heterocycles. The number of hydrogen-bond donors (Lipinski definition) is 2. The quantitative estimate of drug-likeness (QED) is 0.795. The predicted octanol–water partition coefficient (Wildman–Crippen LogP) is 3.71. The summed E-state index contributed by atoms with van der Waals surface area (Å²) in [5.74, 6) is -1.98. The molecule has 0 saturated heterocycles. The van der Waals surface area contributed by atoms with Crippen LogP contribution in [-0.4, -0.2) is 33.9 Å². The zero-order valence-corrected chi connectivity index (χ0v) is 16.5. The number of ether oxygens (including phenoxy) is 1. The van der Waals surface area contributed by atoms with Crippen molar-refractivity contribution in [3.63, 3.8) is 0 Å². The highest BCUT2D eigenvalue weighted by Crippen LogP contribution is 2.37. The van der Waals surface area contributed by atoms with Gasteiger partial charge in [0.1, 0.15) is 17.0 Å². The maximum atomic E-state index is 14.5. The van der Waals surface area contributed by atoms with E-state index in [4.69, 9.17) is 4.74 Å². The van der Waals surface area contributed by atoms with Gasteiger partial charge in [-0.3, -0.25) is 4.79 Å². The summed E-state index contributed by atoms with van der Waals surface area (Å²) in [4.78, 5) is 35.4. The van der Waals surface area contributed by atoms with Gasteiger partial charge in [0.05, 0.1) is 5.52 Å². The van der Waals surface area contributed by atoms with Gasteiger partial charge in [-0.25, -0.2) is 14.0 Å². The molecule has 2 N–H and O–H groups in total. The lowest BCUT2D eigenvalue weighted by atomic mass is 10.1. The maximum absolute atomic E-state index is 14.5. The fourth-order valence-corrected chi connectivity index (χ4v) is 2.96. The number of rotatable bonds is 5. The van der Waals surface area contributed by atoms with E-state index < -0.39 is 28.9 Å². The van der Waals surface area contributed by atoms with E-state index in [0.29, 0.717) is 5.52 Å². The van der Waals surface area contributed by atoms with Crippen LogP contribution in [-0.2, 0) is 4.74 Å². The number of amides is 1. The number of alkyl carbamates (subject to hydrolysis) is 1. The molecule has 0 unspecified atom stereocenters. The van der Waals surface area contributed by atoms with Crippen LogP contribution in [0.25, 0.3) is 17.0 Å². The molecule has 1 saturated carbocycles. The van der Waals surface area contributed by atoms with Crippen molar-refractivity contribution in [3.05, 3.63) is 51.6 Å². The number of carboxylic acids is 1. The van der Waals surface area contributed by atoms with Gasteiger partial charge in [-0.1, -0.05) is 12.2 Å². The molecule has 0 radical (unpaired) electrons. The minimum atomic E-state index is -1.33. The highest BCUT2D eigenvalue weighted by molar-refractivity contribution is 5.93. The predicted molar refractivity (Wildman–Crippen MR) is 107 cm³/mol. The van der Waals surface area contributed by atoms with Crippen molar-refractivity contribution in [2.45, 2.75) is 45.3 Å². The fraction of sp³-hybridized carbons (Fsp3) is 0.381. The largest absolute Gasteiger partial charge is 0.477 e. The van der Waals surface area contributed by atoms with Gasteiger partial charge < -0.3 is 19.7 Å². The summed E-state index contributed by atoms with van der Waals surface area (Å²) in [5, 5.41) is 11.9. The fourth-order valence-electron chi connectivity index (χ4n) is 2.96. The molecule has 7 nitrogen and oxygen atoms in total. The van der Waals surface area contributed by atoms with Gasteiger partial charge in [0, 0.05) is 29.7 Å². The number of fused-ring (bicyclic) bond motifs is 1. The van der Waals surface area contributed by atoms with Crippen molar-refractivity contribution in [3.8, 4) is 0 Å². The normalized spacial score (nSPS) is 14.3. The Balaban J connectivity index is 1.88. The number of aromatic carboxylic acids is 1. The van der Waals surface area contributed by atoms with Crippen LogP contribution in [0.1, 0.15) is 55.6 Å². The van der Waals surface area contributed by atoms with Crippen LogP contribution in [0.3, 0.4) is 0 Å². The minimum Gasteiger partial charge on any atom is -0.477 e. The second-order valence-corrected chi connectivity index (χ2v) is 7.99. The highest BCUT2D eigenvalue weighted by atomic mass is 19.1. The Morgan fingerprint density at radius 1 is 1.34 bits per heavy atom. The molecule has 1 amide bonds. The van der Waals surface area contributed by atoms with E-state index >= 15 is 0 Å². The third-order valence-corrected chi connectivity index (χ3v) is 4.38. The molecule has 1 aromatic heterocycles. The first kappa shape index (κ1) is 20.6. The van der Waals surface area contributed by atoms with Crippen LogP contribution in [0.5, 0.6) is 0 Å². The third kappa shape index (κ3) is 4.82. The number of carbonyl (C=O) groups is 2.